The maximum Gasteiger partial charge on any atom is 0.335 e. The van der Waals surface area contributed by atoms with Crippen LogP contribution >= 0.6 is 0 Å². The molecule has 0 bridgehead atoms. The van der Waals surface area contributed by atoms with Gasteiger partial charge in [-0.25, -0.2) is 9.59 Å². The van der Waals surface area contributed by atoms with Crippen molar-refractivity contribution in [2.75, 3.05) is 20.3 Å². The summed E-state index contributed by atoms with van der Waals surface area (Å²) in [5.41, 5.74) is 0.262. The minimum atomic E-state index is -1.80. The van der Waals surface area contributed by atoms with E-state index in [0.717, 1.165) is 19.4 Å². The van der Waals surface area contributed by atoms with Gasteiger partial charge in [0.15, 0.2) is 6.29 Å². The van der Waals surface area contributed by atoms with Gasteiger partial charge < -0.3 is 54.3 Å². The third kappa shape index (κ3) is 7.65. The molecule has 0 radical (unpaired) electrons. The van der Waals surface area contributed by atoms with E-state index >= 15 is 0 Å². The number of methoxy groups -OCH3 is 1. The quantitative estimate of drug-likeness (QED) is 0.116. The van der Waals surface area contributed by atoms with E-state index in [1.54, 1.807) is 12.1 Å². The number of aromatic hydroxyl groups is 1. The molecule has 7 atom stereocenters. The van der Waals surface area contributed by atoms with Gasteiger partial charge >= 0.3 is 17.9 Å². The maximum absolute atomic E-state index is 12.2. The normalized spacial score (nSPS) is 29.5. The van der Waals surface area contributed by atoms with Crippen molar-refractivity contribution in [2.24, 2.45) is 5.92 Å². The van der Waals surface area contributed by atoms with Crippen LogP contribution in [0.3, 0.4) is 0 Å². The van der Waals surface area contributed by atoms with Crippen LogP contribution in [0.15, 0.2) is 53.8 Å². The van der Waals surface area contributed by atoms with Crippen molar-refractivity contribution < 1.29 is 68.7 Å². The monoisotopic (exact) mass is 566 g/mol. The highest BCUT2D eigenvalue weighted by Crippen LogP contribution is 2.36. The molecule has 0 amide bonds. The van der Waals surface area contributed by atoms with Crippen LogP contribution in [-0.4, -0.2) is 106 Å². The second-order valence-electron chi connectivity index (χ2n) is 8.77. The molecular formula is C26H30O14. The SMILES string of the molecule is COC(=O)C[C@@H]1C(C(=O)O)=CO[C@@H](O[C@@H]2O[C@H](CO)[C@@H](O)[C@H](O)[C@H]2O)/C1=C\COC(=O)/C=C/c1ccc(O)cc1. The Hall–Kier alpha value is -3.79. The van der Waals surface area contributed by atoms with Crippen LogP contribution in [-0.2, 0) is 38.1 Å². The van der Waals surface area contributed by atoms with E-state index in [2.05, 4.69) is 4.74 Å². The Bertz CT molecular complexity index is 1140. The highest BCUT2D eigenvalue weighted by molar-refractivity contribution is 5.89. The van der Waals surface area contributed by atoms with Crippen LogP contribution in [0.1, 0.15) is 12.0 Å². The number of hydrogen-bond acceptors (Lipinski definition) is 13. The van der Waals surface area contributed by atoms with E-state index in [1.165, 1.54) is 24.3 Å². The van der Waals surface area contributed by atoms with E-state index in [1.807, 2.05) is 0 Å². The first kappa shape index (κ1) is 30.7. The van der Waals surface area contributed by atoms with E-state index in [-0.39, 0.29) is 16.9 Å². The summed E-state index contributed by atoms with van der Waals surface area (Å²) >= 11 is 0. The van der Waals surface area contributed by atoms with Gasteiger partial charge in [0.25, 0.3) is 0 Å². The molecule has 14 heteroatoms. The molecule has 0 unspecified atom stereocenters. The molecule has 3 rings (SSSR count). The summed E-state index contributed by atoms with van der Waals surface area (Å²) < 4.78 is 26.2. The standard InChI is InChI=1S/C26H30O14/c1-36-20(30)10-16-15(8-9-37-19(29)7-4-13-2-5-14(28)6-3-13)25(38-12-17(16)24(34)35)40-26-23(33)22(32)21(31)18(11-27)39-26/h2-8,12,16,18,21-23,25-28,31-33H,9-11H2,1H3,(H,34,35)/b7-4+,15-8-/t16-,18+,21+,22-,23+,25-,26-/m0/s1. The lowest BCUT2D eigenvalue weighted by Gasteiger charge is -2.41. The third-order valence-corrected chi connectivity index (χ3v) is 6.17. The zero-order valence-corrected chi connectivity index (χ0v) is 21.2. The first-order valence-corrected chi connectivity index (χ1v) is 12.0. The molecule has 2 aliphatic heterocycles. The number of rotatable bonds is 10. The summed E-state index contributed by atoms with van der Waals surface area (Å²) in [4.78, 5) is 36.2. The molecule has 2 heterocycles. The fraction of sp³-hybridized carbons (Fsp3) is 0.423. The van der Waals surface area contributed by atoms with Crippen molar-refractivity contribution >= 4 is 24.0 Å². The minimum absolute atomic E-state index is 0.00225. The van der Waals surface area contributed by atoms with Crippen molar-refractivity contribution in [3.8, 4) is 5.75 Å². The lowest BCUT2D eigenvalue weighted by molar-refractivity contribution is -0.327. The smallest absolute Gasteiger partial charge is 0.335 e. The third-order valence-electron chi connectivity index (χ3n) is 6.17. The summed E-state index contributed by atoms with van der Waals surface area (Å²) in [6, 6.07) is 6.00. The number of carboxylic acid groups (broad SMARTS) is 1. The Morgan fingerprint density at radius 3 is 2.38 bits per heavy atom. The average molecular weight is 567 g/mol. The molecule has 40 heavy (non-hydrogen) atoms. The van der Waals surface area contributed by atoms with Crippen LogP contribution in [0.2, 0.25) is 0 Å². The lowest BCUT2D eigenvalue weighted by atomic mass is 9.86. The Labute approximate surface area is 227 Å². The van der Waals surface area contributed by atoms with E-state index in [0.29, 0.717) is 5.56 Å². The molecule has 2 aliphatic rings. The highest BCUT2D eigenvalue weighted by Gasteiger charge is 2.46. The number of carbonyl (C=O) groups excluding carboxylic acids is 2. The number of hydrogen-bond donors (Lipinski definition) is 6. The molecule has 0 aliphatic carbocycles. The molecular weight excluding hydrogens is 536 g/mol. The number of aliphatic hydroxyl groups is 4. The van der Waals surface area contributed by atoms with E-state index in [4.69, 9.17) is 18.9 Å². The zero-order chi connectivity index (χ0) is 29.4. The second-order valence-corrected chi connectivity index (χ2v) is 8.77. The first-order chi connectivity index (χ1) is 19.0. The summed E-state index contributed by atoms with van der Waals surface area (Å²) in [6.45, 7) is -1.14. The van der Waals surface area contributed by atoms with E-state index in [9.17, 15) is 45.0 Å². The van der Waals surface area contributed by atoms with Crippen LogP contribution in [0, 0.1) is 5.92 Å². The predicted octanol–water partition coefficient (Wildman–Crippen LogP) is -0.804. The second kappa shape index (κ2) is 14.0. The molecule has 1 aromatic carbocycles. The fourth-order valence-corrected chi connectivity index (χ4v) is 3.99. The van der Waals surface area contributed by atoms with E-state index < -0.39 is 80.5 Å². The Morgan fingerprint density at radius 2 is 1.75 bits per heavy atom. The van der Waals surface area contributed by atoms with Crippen molar-refractivity contribution in [2.45, 2.75) is 43.4 Å². The lowest BCUT2D eigenvalue weighted by Crippen LogP contribution is -2.60. The van der Waals surface area contributed by atoms with Crippen molar-refractivity contribution in [3.05, 3.63) is 59.4 Å². The van der Waals surface area contributed by atoms with Gasteiger partial charge in [-0.3, -0.25) is 4.79 Å². The van der Waals surface area contributed by atoms with Gasteiger partial charge in [0.05, 0.1) is 32.0 Å². The van der Waals surface area contributed by atoms with Crippen LogP contribution < -0.4 is 0 Å². The largest absolute Gasteiger partial charge is 0.508 e. The molecule has 0 aromatic heterocycles. The minimum Gasteiger partial charge on any atom is -0.508 e. The first-order valence-electron chi connectivity index (χ1n) is 12.0. The average Bonchev–Trinajstić information content (AvgIpc) is 2.93. The van der Waals surface area contributed by atoms with Crippen LogP contribution in [0.25, 0.3) is 6.08 Å². The number of esters is 2. The van der Waals surface area contributed by atoms with Crippen molar-refractivity contribution in [1.29, 1.82) is 0 Å². The van der Waals surface area contributed by atoms with Gasteiger partial charge in [0, 0.05) is 17.6 Å². The van der Waals surface area contributed by atoms with Gasteiger partial charge in [-0.15, -0.1) is 0 Å². The number of aliphatic carboxylic acids is 1. The Kier molecular flexibility index (Phi) is 10.8. The fourth-order valence-electron chi connectivity index (χ4n) is 3.99. The van der Waals surface area contributed by atoms with Crippen molar-refractivity contribution in [1.82, 2.24) is 0 Å². The molecule has 1 aromatic rings. The predicted molar refractivity (Wildman–Crippen MR) is 132 cm³/mol. The van der Waals surface area contributed by atoms with Gasteiger partial charge in [0.2, 0.25) is 6.29 Å². The molecule has 0 saturated carbocycles. The topological polar surface area (TPSA) is 219 Å². The number of benzene rings is 1. The molecule has 14 nitrogen and oxygen atoms in total. The molecule has 218 valence electrons. The number of carboxylic acids is 1. The van der Waals surface area contributed by atoms with Gasteiger partial charge in [-0.2, -0.15) is 0 Å². The van der Waals surface area contributed by atoms with Crippen LogP contribution in [0.4, 0.5) is 0 Å². The molecule has 0 spiro atoms. The number of phenols is 1. The number of aliphatic hydroxyl groups excluding tert-OH is 4. The summed E-state index contributed by atoms with van der Waals surface area (Å²) in [5.74, 6) is -4.09. The summed E-state index contributed by atoms with van der Waals surface area (Å²) in [6.07, 6.45) is -5.47. The Balaban J connectivity index is 1.83. The Morgan fingerprint density at radius 1 is 1.05 bits per heavy atom. The maximum atomic E-state index is 12.2. The van der Waals surface area contributed by atoms with Gasteiger partial charge in [-0.1, -0.05) is 12.1 Å². The van der Waals surface area contributed by atoms with Crippen LogP contribution in [0.5, 0.6) is 5.75 Å². The highest BCUT2D eigenvalue weighted by atomic mass is 16.8. The molecule has 1 fully saturated rings. The summed E-state index contributed by atoms with van der Waals surface area (Å²) in [5, 5.41) is 58.9. The number of ether oxygens (including phenoxy) is 5. The molecule has 6 N–H and O–H groups in total. The summed E-state index contributed by atoms with van der Waals surface area (Å²) in [7, 11) is 1.11. The number of phenolic OH excluding ortho intramolecular Hbond substituents is 1. The number of carbonyl (C=O) groups is 3. The zero-order valence-electron chi connectivity index (χ0n) is 21.2. The van der Waals surface area contributed by atoms with Gasteiger partial charge in [-0.05, 0) is 29.8 Å². The van der Waals surface area contributed by atoms with Crippen molar-refractivity contribution in [3.63, 3.8) is 0 Å². The molecule has 1 saturated heterocycles. The van der Waals surface area contributed by atoms with Gasteiger partial charge in [0.1, 0.15) is 36.8 Å².